The van der Waals surface area contributed by atoms with E-state index in [1.165, 1.54) is 0 Å². The summed E-state index contributed by atoms with van der Waals surface area (Å²) in [5.74, 6) is 0. The predicted octanol–water partition coefficient (Wildman–Crippen LogP) is -1.05. The second-order valence-electron chi connectivity index (χ2n) is 2.34. The van der Waals surface area contributed by atoms with E-state index in [2.05, 4.69) is 22.2 Å². The van der Waals surface area contributed by atoms with Crippen LogP contribution in [0.1, 0.15) is 0 Å². The minimum atomic E-state index is 0.325. The lowest BCUT2D eigenvalue weighted by atomic mass is 10.1. The summed E-state index contributed by atoms with van der Waals surface area (Å²) in [4.78, 5) is 0. The normalized spacial score (nSPS) is 42.0. The van der Waals surface area contributed by atoms with Gasteiger partial charge in [-0.3, -0.25) is 0 Å². The van der Waals surface area contributed by atoms with Gasteiger partial charge in [-0.2, -0.15) is 0 Å². The molecular weight excluding hydrogens is 102 g/mol. The van der Waals surface area contributed by atoms with E-state index >= 15 is 0 Å². The fourth-order valence-corrected chi connectivity index (χ4v) is 0.884. The maximum absolute atomic E-state index is 3.26. The van der Waals surface area contributed by atoms with Crippen molar-refractivity contribution in [3.05, 3.63) is 12.3 Å². The molecule has 0 aromatic carbocycles. The van der Waals surface area contributed by atoms with Crippen molar-refractivity contribution >= 4 is 0 Å². The Labute approximate surface area is 48.1 Å². The van der Waals surface area contributed by atoms with Crippen LogP contribution in [-0.2, 0) is 0 Å². The van der Waals surface area contributed by atoms with Crippen molar-refractivity contribution in [2.45, 2.75) is 5.54 Å². The molecular formula is C5H9N3. The average molecular weight is 111 g/mol. The number of hydrogen-bond donors (Lipinski definition) is 3. The van der Waals surface area contributed by atoms with Crippen molar-refractivity contribution in [1.82, 2.24) is 16.2 Å². The van der Waals surface area contributed by atoms with Crippen LogP contribution in [0.3, 0.4) is 0 Å². The van der Waals surface area contributed by atoms with Crippen LogP contribution < -0.4 is 16.2 Å². The third-order valence-corrected chi connectivity index (χ3v) is 1.62. The molecule has 2 rings (SSSR count). The molecule has 0 bridgehead atoms. The number of hydrazine groups is 1. The number of hydrogen-bond acceptors (Lipinski definition) is 3. The van der Waals surface area contributed by atoms with Gasteiger partial charge in [-0.25, -0.2) is 5.43 Å². The first-order valence-corrected chi connectivity index (χ1v) is 2.82. The highest BCUT2D eigenvalue weighted by atomic mass is 15.4. The molecule has 0 aromatic rings. The van der Waals surface area contributed by atoms with E-state index in [0.717, 1.165) is 13.1 Å². The Morgan fingerprint density at radius 3 is 2.62 bits per heavy atom. The SMILES string of the molecule is C1=CC2(CNN1)CN2. The summed E-state index contributed by atoms with van der Waals surface area (Å²) in [6.07, 6.45) is 4.09. The molecule has 0 saturated carbocycles. The van der Waals surface area contributed by atoms with E-state index in [1.54, 1.807) is 0 Å². The first-order valence-electron chi connectivity index (χ1n) is 2.82. The zero-order chi connectivity index (χ0) is 5.45. The van der Waals surface area contributed by atoms with Gasteiger partial charge in [-0.05, 0) is 6.08 Å². The van der Waals surface area contributed by atoms with Crippen LogP contribution in [0.4, 0.5) is 0 Å². The lowest BCUT2D eigenvalue weighted by molar-refractivity contribution is 0.540. The Morgan fingerprint density at radius 2 is 2.25 bits per heavy atom. The van der Waals surface area contributed by atoms with Crippen molar-refractivity contribution in [2.24, 2.45) is 0 Å². The summed E-state index contributed by atoms with van der Waals surface area (Å²) in [5, 5.41) is 3.26. The Kier molecular flexibility index (Phi) is 0.674. The molecule has 0 aliphatic carbocycles. The van der Waals surface area contributed by atoms with Crippen molar-refractivity contribution in [1.29, 1.82) is 0 Å². The van der Waals surface area contributed by atoms with Crippen LogP contribution in [0.2, 0.25) is 0 Å². The molecule has 0 aromatic heterocycles. The van der Waals surface area contributed by atoms with Gasteiger partial charge >= 0.3 is 0 Å². The van der Waals surface area contributed by atoms with Crippen molar-refractivity contribution < 1.29 is 0 Å². The lowest BCUT2D eigenvalue weighted by Crippen LogP contribution is -2.41. The Morgan fingerprint density at radius 1 is 1.38 bits per heavy atom. The third-order valence-electron chi connectivity index (χ3n) is 1.62. The summed E-state index contributed by atoms with van der Waals surface area (Å²) in [7, 11) is 0. The maximum atomic E-state index is 3.26. The molecule has 1 saturated heterocycles. The van der Waals surface area contributed by atoms with E-state index in [-0.39, 0.29) is 0 Å². The third kappa shape index (κ3) is 0.519. The molecule has 44 valence electrons. The van der Waals surface area contributed by atoms with Gasteiger partial charge in [0.2, 0.25) is 0 Å². The van der Waals surface area contributed by atoms with Crippen LogP contribution in [0.15, 0.2) is 12.3 Å². The maximum Gasteiger partial charge on any atom is 0.0654 e. The van der Waals surface area contributed by atoms with E-state index in [4.69, 9.17) is 0 Å². The van der Waals surface area contributed by atoms with Gasteiger partial charge < -0.3 is 10.7 Å². The van der Waals surface area contributed by atoms with Crippen molar-refractivity contribution in [2.75, 3.05) is 13.1 Å². The minimum absolute atomic E-state index is 0.325. The van der Waals surface area contributed by atoms with E-state index < -0.39 is 0 Å². The highest BCUT2D eigenvalue weighted by Crippen LogP contribution is 2.17. The summed E-state index contributed by atoms with van der Waals surface area (Å²) in [6.45, 7) is 2.13. The summed E-state index contributed by atoms with van der Waals surface area (Å²) in [5.41, 5.74) is 6.27. The van der Waals surface area contributed by atoms with Crippen molar-refractivity contribution in [3.8, 4) is 0 Å². The molecule has 3 nitrogen and oxygen atoms in total. The zero-order valence-electron chi connectivity index (χ0n) is 4.57. The second kappa shape index (κ2) is 1.24. The van der Waals surface area contributed by atoms with Crippen LogP contribution in [-0.4, -0.2) is 18.6 Å². The van der Waals surface area contributed by atoms with Crippen LogP contribution in [0, 0.1) is 0 Å². The van der Waals surface area contributed by atoms with Gasteiger partial charge in [0.25, 0.3) is 0 Å². The fraction of sp³-hybridized carbons (Fsp3) is 0.600. The van der Waals surface area contributed by atoms with Crippen LogP contribution in [0.5, 0.6) is 0 Å². The molecule has 8 heavy (non-hydrogen) atoms. The molecule has 1 spiro atoms. The van der Waals surface area contributed by atoms with Gasteiger partial charge in [0.15, 0.2) is 0 Å². The molecule has 0 amide bonds. The Bertz CT molecular complexity index is 126. The molecule has 2 aliphatic heterocycles. The molecule has 1 atom stereocenters. The fourth-order valence-electron chi connectivity index (χ4n) is 0.884. The topological polar surface area (TPSA) is 46.0 Å². The first kappa shape index (κ1) is 4.35. The molecule has 2 aliphatic rings. The molecule has 2 heterocycles. The number of nitrogens with one attached hydrogen (secondary N) is 3. The second-order valence-corrected chi connectivity index (χ2v) is 2.34. The minimum Gasteiger partial charge on any atom is -0.329 e. The largest absolute Gasteiger partial charge is 0.329 e. The first-order chi connectivity index (χ1) is 3.91. The average Bonchev–Trinajstić information content (AvgIpc) is 2.52. The van der Waals surface area contributed by atoms with Gasteiger partial charge in [-0.15, -0.1) is 0 Å². The zero-order valence-corrected chi connectivity index (χ0v) is 4.57. The van der Waals surface area contributed by atoms with E-state index in [1.807, 2.05) is 6.20 Å². The highest BCUT2D eigenvalue weighted by molar-refractivity contribution is 5.20. The summed E-state index contributed by atoms with van der Waals surface area (Å²) >= 11 is 0. The summed E-state index contributed by atoms with van der Waals surface area (Å²) < 4.78 is 0. The monoisotopic (exact) mass is 111 g/mol. The number of rotatable bonds is 0. The van der Waals surface area contributed by atoms with Gasteiger partial charge in [0.1, 0.15) is 0 Å². The van der Waals surface area contributed by atoms with Crippen molar-refractivity contribution in [3.63, 3.8) is 0 Å². The molecule has 3 N–H and O–H groups in total. The Hall–Kier alpha value is -0.540. The predicted molar refractivity (Wildman–Crippen MR) is 31.0 cm³/mol. The highest BCUT2D eigenvalue weighted by Gasteiger charge is 2.39. The Balaban J connectivity index is 2.13. The van der Waals surface area contributed by atoms with Gasteiger partial charge in [0, 0.05) is 19.3 Å². The smallest absolute Gasteiger partial charge is 0.0654 e. The molecule has 0 radical (unpaired) electrons. The standard InChI is InChI=1S/C5H9N3/c1-2-7-8-4-5(1)3-6-5/h1-2,6-8H,3-4H2. The van der Waals surface area contributed by atoms with Crippen LogP contribution >= 0.6 is 0 Å². The molecule has 3 heteroatoms. The quantitative estimate of drug-likeness (QED) is 0.349. The van der Waals surface area contributed by atoms with Gasteiger partial charge in [0.05, 0.1) is 5.54 Å². The van der Waals surface area contributed by atoms with Gasteiger partial charge in [-0.1, -0.05) is 0 Å². The van der Waals surface area contributed by atoms with E-state index in [9.17, 15) is 0 Å². The molecule has 1 fully saturated rings. The van der Waals surface area contributed by atoms with E-state index in [0.29, 0.717) is 5.54 Å². The van der Waals surface area contributed by atoms with Crippen LogP contribution in [0.25, 0.3) is 0 Å². The molecule has 1 unspecified atom stereocenters. The lowest BCUT2D eigenvalue weighted by Gasteiger charge is -2.14. The summed E-state index contributed by atoms with van der Waals surface area (Å²) in [6, 6.07) is 0.